The lowest BCUT2D eigenvalue weighted by Crippen LogP contribution is -1.80. The fourth-order valence-electron chi connectivity index (χ4n) is 1.96. The van der Waals surface area contributed by atoms with Crippen LogP contribution >= 0.6 is 11.5 Å². The van der Waals surface area contributed by atoms with Crippen molar-refractivity contribution in [2.75, 3.05) is 0 Å². The van der Waals surface area contributed by atoms with Gasteiger partial charge in [-0.25, -0.2) is 0 Å². The summed E-state index contributed by atoms with van der Waals surface area (Å²) in [7, 11) is 0. The minimum atomic E-state index is 0.712. The van der Waals surface area contributed by atoms with Crippen LogP contribution in [0.15, 0.2) is 30.3 Å². The van der Waals surface area contributed by atoms with Crippen LogP contribution in [0.1, 0.15) is 16.1 Å². The molecule has 0 atom stereocenters. The fourth-order valence-corrected chi connectivity index (χ4v) is 2.73. The highest BCUT2D eigenvalue weighted by Gasteiger charge is 2.13. The summed E-state index contributed by atoms with van der Waals surface area (Å²) in [5.41, 5.74) is 3.53. The molecule has 0 radical (unpaired) electrons. The summed E-state index contributed by atoms with van der Waals surface area (Å²) in [6.45, 7) is 1.95. The van der Waals surface area contributed by atoms with E-state index < -0.39 is 0 Å². The van der Waals surface area contributed by atoms with Crippen LogP contribution in [0.2, 0.25) is 0 Å². The molecule has 1 N–H and O–H groups in total. The van der Waals surface area contributed by atoms with Crippen molar-refractivity contribution in [3.63, 3.8) is 0 Å². The van der Waals surface area contributed by atoms with Gasteiger partial charge in [0.15, 0.2) is 6.29 Å². The van der Waals surface area contributed by atoms with Crippen LogP contribution in [-0.2, 0) is 0 Å². The molecule has 2 heterocycles. The van der Waals surface area contributed by atoms with E-state index in [1.54, 1.807) is 0 Å². The van der Waals surface area contributed by atoms with E-state index >= 15 is 0 Å². The third kappa shape index (κ3) is 1.57. The van der Waals surface area contributed by atoms with Gasteiger partial charge in [-0.05, 0) is 30.6 Å². The molecule has 0 bridgehead atoms. The molecule has 1 aromatic carbocycles. The predicted octanol–water partition coefficient (Wildman–Crippen LogP) is 3.41. The molecule has 0 unspecified atom stereocenters. The van der Waals surface area contributed by atoms with E-state index in [-0.39, 0.29) is 0 Å². The Morgan fingerprint density at radius 2 is 2.18 bits per heavy atom. The zero-order valence-corrected chi connectivity index (χ0v) is 10.0. The van der Waals surface area contributed by atoms with E-state index in [1.807, 2.05) is 37.3 Å². The van der Waals surface area contributed by atoms with Crippen molar-refractivity contribution in [1.82, 2.24) is 9.36 Å². The van der Waals surface area contributed by atoms with E-state index in [1.165, 1.54) is 11.5 Å². The number of nitrogens with one attached hydrogen (secondary N) is 1. The maximum atomic E-state index is 11.2. The van der Waals surface area contributed by atoms with Gasteiger partial charge in [0.2, 0.25) is 0 Å². The van der Waals surface area contributed by atoms with Gasteiger partial charge in [-0.3, -0.25) is 4.79 Å². The number of para-hydroxylation sites is 1. The van der Waals surface area contributed by atoms with Crippen molar-refractivity contribution < 1.29 is 4.79 Å². The Hall–Kier alpha value is -1.94. The highest BCUT2D eigenvalue weighted by atomic mass is 32.1. The number of nitrogens with zero attached hydrogens (tertiary/aromatic N) is 1. The van der Waals surface area contributed by atoms with Crippen LogP contribution in [0.5, 0.6) is 0 Å². The van der Waals surface area contributed by atoms with Gasteiger partial charge in [0.05, 0.1) is 16.3 Å². The van der Waals surface area contributed by atoms with Gasteiger partial charge in [0, 0.05) is 16.5 Å². The van der Waals surface area contributed by atoms with Crippen LogP contribution < -0.4 is 0 Å². The van der Waals surface area contributed by atoms with Gasteiger partial charge in [0.1, 0.15) is 0 Å². The monoisotopic (exact) mass is 242 g/mol. The van der Waals surface area contributed by atoms with E-state index in [0.29, 0.717) is 5.56 Å². The number of fused-ring (bicyclic) bond motifs is 1. The summed E-state index contributed by atoms with van der Waals surface area (Å²) in [6, 6.07) is 9.80. The molecule has 0 fully saturated rings. The molecule has 0 amide bonds. The normalized spacial score (nSPS) is 10.9. The number of aromatic nitrogens is 2. The number of aldehydes is 1. The molecule has 0 saturated carbocycles. The molecule has 4 heteroatoms. The minimum Gasteiger partial charge on any atom is -0.353 e. The van der Waals surface area contributed by atoms with Crippen molar-refractivity contribution in [3.8, 4) is 10.6 Å². The Labute approximate surface area is 102 Å². The number of H-pyrrole nitrogens is 1. The quantitative estimate of drug-likeness (QED) is 0.700. The zero-order chi connectivity index (χ0) is 11.8. The number of benzene rings is 1. The second-order valence-electron chi connectivity index (χ2n) is 3.91. The Bertz CT molecular complexity index is 696. The molecule has 0 aliphatic carbocycles. The first kappa shape index (κ1) is 10.2. The molecular formula is C13H10N2OS. The van der Waals surface area contributed by atoms with Crippen LogP contribution in [0.3, 0.4) is 0 Å². The molecule has 0 spiro atoms. The van der Waals surface area contributed by atoms with Gasteiger partial charge < -0.3 is 4.98 Å². The highest BCUT2D eigenvalue weighted by molar-refractivity contribution is 7.09. The van der Waals surface area contributed by atoms with Crippen molar-refractivity contribution in [3.05, 3.63) is 41.6 Å². The topological polar surface area (TPSA) is 45.8 Å². The average molecular weight is 242 g/mol. The van der Waals surface area contributed by atoms with Crippen molar-refractivity contribution in [1.29, 1.82) is 0 Å². The smallest absolute Gasteiger partial charge is 0.152 e. The summed E-state index contributed by atoms with van der Waals surface area (Å²) in [6.07, 6.45) is 0.906. The average Bonchev–Trinajstić information content (AvgIpc) is 2.91. The summed E-state index contributed by atoms with van der Waals surface area (Å²) < 4.78 is 4.24. The molecule has 2 aromatic heterocycles. The van der Waals surface area contributed by atoms with E-state index in [4.69, 9.17) is 0 Å². The van der Waals surface area contributed by atoms with E-state index in [0.717, 1.165) is 33.5 Å². The van der Waals surface area contributed by atoms with Crippen LogP contribution in [0.4, 0.5) is 0 Å². The van der Waals surface area contributed by atoms with Crippen molar-refractivity contribution in [2.24, 2.45) is 0 Å². The molecule has 3 aromatic rings. The number of rotatable bonds is 2. The molecule has 17 heavy (non-hydrogen) atoms. The first-order chi connectivity index (χ1) is 8.29. The third-order valence-corrected chi connectivity index (χ3v) is 3.64. The first-order valence-corrected chi connectivity index (χ1v) is 6.06. The molecule has 3 rings (SSSR count). The minimum absolute atomic E-state index is 0.712. The van der Waals surface area contributed by atoms with Gasteiger partial charge in [-0.15, -0.1) is 0 Å². The number of hydrogen-bond acceptors (Lipinski definition) is 3. The Kier molecular flexibility index (Phi) is 2.30. The van der Waals surface area contributed by atoms with Gasteiger partial charge in [-0.2, -0.15) is 4.37 Å². The maximum Gasteiger partial charge on any atom is 0.152 e. The van der Waals surface area contributed by atoms with Crippen molar-refractivity contribution in [2.45, 2.75) is 6.92 Å². The van der Waals surface area contributed by atoms with E-state index in [2.05, 4.69) is 9.36 Å². The van der Waals surface area contributed by atoms with Gasteiger partial charge in [0.25, 0.3) is 0 Å². The van der Waals surface area contributed by atoms with Gasteiger partial charge in [-0.1, -0.05) is 18.2 Å². The second-order valence-corrected chi connectivity index (χ2v) is 4.71. The Balaban J connectivity index is 2.32. The van der Waals surface area contributed by atoms with Crippen LogP contribution in [-0.4, -0.2) is 15.6 Å². The van der Waals surface area contributed by atoms with Crippen LogP contribution in [0.25, 0.3) is 21.5 Å². The Morgan fingerprint density at radius 1 is 1.35 bits per heavy atom. The lowest BCUT2D eigenvalue weighted by molar-refractivity contribution is 0.112. The summed E-state index contributed by atoms with van der Waals surface area (Å²) >= 11 is 1.41. The summed E-state index contributed by atoms with van der Waals surface area (Å²) in [5, 5.41) is 0.962. The standard InChI is InChI=1S/C13H10N2OS/c1-8-6-12(17-15-8)13-10(7-16)9-4-2-3-5-11(9)14-13/h2-7,14H,1H3. The molecule has 3 nitrogen and oxygen atoms in total. The number of hydrogen-bond donors (Lipinski definition) is 1. The lowest BCUT2D eigenvalue weighted by atomic mass is 10.1. The zero-order valence-electron chi connectivity index (χ0n) is 9.23. The second kappa shape index (κ2) is 3.82. The molecule has 0 aliphatic heterocycles. The molecule has 84 valence electrons. The number of aromatic amines is 1. The number of carbonyl (C=O) groups is 1. The first-order valence-electron chi connectivity index (χ1n) is 5.29. The maximum absolute atomic E-state index is 11.2. The highest BCUT2D eigenvalue weighted by Crippen LogP contribution is 2.31. The van der Waals surface area contributed by atoms with E-state index in [9.17, 15) is 4.79 Å². The lowest BCUT2D eigenvalue weighted by Gasteiger charge is -1.92. The molecule has 0 aliphatic rings. The fraction of sp³-hybridized carbons (Fsp3) is 0.0769. The van der Waals surface area contributed by atoms with Crippen LogP contribution in [0, 0.1) is 6.92 Å². The van der Waals surface area contributed by atoms with Gasteiger partial charge >= 0.3 is 0 Å². The Morgan fingerprint density at radius 3 is 2.88 bits per heavy atom. The molecule has 0 saturated heterocycles. The van der Waals surface area contributed by atoms with Crippen molar-refractivity contribution >= 4 is 28.7 Å². The number of aryl methyl sites for hydroxylation is 1. The predicted molar refractivity (Wildman–Crippen MR) is 69.5 cm³/mol. The summed E-state index contributed by atoms with van der Waals surface area (Å²) in [4.78, 5) is 15.5. The largest absolute Gasteiger partial charge is 0.353 e. The third-order valence-electron chi connectivity index (χ3n) is 2.74. The molecular weight excluding hydrogens is 232 g/mol. The summed E-state index contributed by atoms with van der Waals surface area (Å²) in [5.74, 6) is 0. The SMILES string of the molecule is Cc1cc(-c2[nH]c3ccccc3c2C=O)sn1. The number of carbonyl (C=O) groups excluding carboxylic acids is 1.